The van der Waals surface area contributed by atoms with Crippen LogP contribution in [0.15, 0.2) is 42.6 Å². The first-order valence-electron chi connectivity index (χ1n) is 6.20. The molecule has 0 aliphatic heterocycles. The molecule has 1 heterocycles. The quantitative estimate of drug-likeness (QED) is 0.787. The number of esters is 1. The number of benzene rings is 1. The van der Waals surface area contributed by atoms with Gasteiger partial charge in [-0.15, -0.1) is 0 Å². The molecule has 0 spiro atoms. The first kappa shape index (κ1) is 14.0. The third kappa shape index (κ3) is 3.54. The lowest BCUT2D eigenvalue weighted by atomic mass is 10.2. The highest BCUT2D eigenvalue weighted by atomic mass is 19.1. The number of hydrogen-bond acceptors (Lipinski definition) is 4. The average Bonchev–Trinajstić information content (AvgIpc) is 2.47. The number of pyridine rings is 1. The number of ether oxygens (including phenoxy) is 2. The second kappa shape index (κ2) is 6.65. The van der Waals surface area contributed by atoms with E-state index in [2.05, 4.69) is 4.98 Å². The van der Waals surface area contributed by atoms with Crippen molar-refractivity contribution >= 4 is 5.97 Å². The van der Waals surface area contributed by atoms with E-state index in [1.165, 1.54) is 12.3 Å². The molecule has 0 atom stereocenters. The van der Waals surface area contributed by atoms with E-state index < -0.39 is 11.8 Å². The molecule has 104 valence electrons. The lowest BCUT2D eigenvalue weighted by Crippen LogP contribution is -2.08. The molecule has 0 radical (unpaired) electrons. The Morgan fingerprint density at radius 1 is 1.30 bits per heavy atom. The largest absolute Gasteiger partial charge is 0.486 e. The highest BCUT2D eigenvalue weighted by Crippen LogP contribution is 2.17. The summed E-state index contributed by atoms with van der Waals surface area (Å²) in [4.78, 5) is 15.5. The molecule has 0 bridgehead atoms. The number of carbonyl (C=O) groups is 1. The van der Waals surface area contributed by atoms with Crippen molar-refractivity contribution in [3.05, 3.63) is 59.7 Å². The molecule has 0 saturated carbocycles. The summed E-state index contributed by atoms with van der Waals surface area (Å²) in [7, 11) is 0. The Morgan fingerprint density at radius 2 is 2.10 bits per heavy atom. The summed E-state index contributed by atoms with van der Waals surface area (Å²) in [6.45, 7) is 2.16. The highest BCUT2D eigenvalue weighted by molar-refractivity contribution is 5.87. The molecule has 0 aliphatic carbocycles. The molecule has 1 aromatic carbocycles. The van der Waals surface area contributed by atoms with Crippen molar-refractivity contribution in [2.24, 2.45) is 0 Å². The van der Waals surface area contributed by atoms with Gasteiger partial charge in [-0.25, -0.2) is 14.2 Å². The van der Waals surface area contributed by atoms with Crippen LogP contribution in [0.1, 0.15) is 23.0 Å². The van der Waals surface area contributed by atoms with Gasteiger partial charge in [-0.05, 0) is 36.8 Å². The minimum atomic E-state index is -0.486. The summed E-state index contributed by atoms with van der Waals surface area (Å²) in [6, 6.07) is 9.42. The Kier molecular flexibility index (Phi) is 4.65. The molecule has 4 nitrogen and oxygen atoms in total. The number of nitrogens with zero attached hydrogens (tertiary/aromatic N) is 1. The second-order valence-corrected chi connectivity index (χ2v) is 3.99. The van der Waals surface area contributed by atoms with Gasteiger partial charge in [0, 0.05) is 6.20 Å². The standard InChI is InChI=1S/C15H14FNO3/c1-2-19-15(18)13-9-11(7-8-17-13)10-20-14-6-4-3-5-12(14)16/h3-9H,2,10H2,1H3. The van der Waals surface area contributed by atoms with Crippen molar-refractivity contribution in [3.63, 3.8) is 0 Å². The monoisotopic (exact) mass is 275 g/mol. The maximum atomic E-state index is 13.4. The fourth-order valence-corrected chi connectivity index (χ4v) is 1.60. The van der Waals surface area contributed by atoms with E-state index in [1.54, 1.807) is 37.3 Å². The van der Waals surface area contributed by atoms with E-state index in [-0.39, 0.29) is 24.7 Å². The van der Waals surface area contributed by atoms with Crippen molar-refractivity contribution in [3.8, 4) is 5.75 Å². The Hall–Kier alpha value is -2.43. The van der Waals surface area contributed by atoms with E-state index in [0.29, 0.717) is 5.56 Å². The van der Waals surface area contributed by atoms with E-state index in [4.69, 9.17) is 9.47 Å². The van der Waals surface area contributed by atoms with Crippen molar-refractivity contribution in [2.75, 3.05) is 6.61 Å². The topological polar surface area (TPSA) is 48.4 Å². The lowest BCUT2D eigenvalue weighted by molar-refractivity contribution is 0.0519. The van der Waals surface area contributed by atoms with Gasteiger partial charge in [-0.3, -0.25) is 0 Å². The zero-order chi connectivity index (χ0) is 14.4. The molecule has 0 N–H and O–H groups in total. The van der Waals surface area contributed by atoms with Crippen LogP contribution in [-0.4, -0.2) is 17.6 Å². The van der Waals surface area contributed by atoms with Crippen molar-refractivity contribution in [2.45, 2.75) is 13.5 Å². The lowest BCUT2D eigenvalue weighted by Gasteiger charge is -2.08. The Labute approximate surface area is 116 Å². The van der Waals surface area contributed by atoms with E-state index >= 15 is 0 Å². The van der Waals surface area contributed by atoms with Gasteiger partial charge in [0.25, 0.3) is 0 Å². The summed E-state index contributed by atoms with van der Waals surface area (Å²) in [5.74, 6) is -0.741. The molecular weight excluding hydrogens is 261 g/mol. The van der Waals surface area contributed by atoms with Crippen LogP contribution in [0.2, 0.25) is 0 Å². The Morgan fingerprint density at radius 3 is 2.85 bits per heavy atom. The van der Waals surface area contributed by atoms with Crippen molar-refractivity contribution in [1.29, 1.82) is 0 Å². The molecule has 20 heavy (non-hydrogen) atoms. The molecule has 1 aromatic heterocycles. The number of aromatic nitrogens is 1. The maximum absolute atomic E-state index is 13.4. The van der Waals surface area contributed by atoms with Crippen molar-refractivity contribution in [1.82, 2.24) is 4.98 Å². The van der Waals surface area contributed by atoms with Crippen molar-refractivity contribution < 1.29 is 18.7 Å². The van der Waals surface area contributed by atoms with Gasteiger partial charge in [-0.2, -0.15) is 0 Å². The molecule has 0 saturated heterocycles. The smallest absolute Gasteiger partial charge is 0.356 e. The van der Waals surface area contributed by atoms with Gasteiger partial charge in [0.2, 0.25) is 0 Å². The molecule has 0 fully saturated rings. The summed E-state index contributed by atoms with van der Waals surface area (Å²) < 4.78 is 23.6. The average molecular weight is 275 g/mol. The molecule has 5 heteroatoms. The van der Waals surface area contributed by atoms with Gasteiger partial charge >= 0.3 is 5.97 Å². The molecule has 0 amide bonds. The zero-order valence-electron chi connectivity index (χ0n) is 11.0. The molecular formula is C15H14FNO3. The van der Waals surface area contributed by atoms with E-state index in [9.17, 15) is 9.18 Å². The van der Waals surface area contributed by atoms with Crippen LogP contribution in [0.3, 0.4) is 0 Å². The summed E-state index contributed by atoms with van der Waals surface area (Å²) >= 11 is 0. The van der Waals surface area contributed by atoms with Crippen LogP contribution < -0.4 is 4.74 Å². The number of halogens is 1. The zero-order valence-corrected chi connectivity index (χ0v) is 11.0. The van der Waals surface area contributed by atoms with Crippen LogP contribution in [0.25, 0.3) is 0 Å². The summed E-state index contributed by atoms with van der Waals surface area (Å²) in [5.41, 5.74) is 0.924. The van der Waals surface area contributed by atoms with Crippen LogP contribution in [-0.2, 0) is 11.3 Å². The normalized spacial score (nSPS) is 10.1. The minimum Gasteiger partial charge on any atom is -0.486 e. The van der Waals surface area contributed by atoms with Crippen LogP contribution in [0.4, 0.5) is 4.39 Å². The molecule has 2 aromatic rings. The van der Waals surface area contributed by atoms with E-state index in [0.717, 1.165) is 0 Å². The molecule has 0 unspecified atom stereocenters. The predicted octanol–water partition coefficient (Wildman–Crippen LogP) is 2.98. The van der Waals surface area contributed by atoms with Crippen LogP contribution >= 0.6 is 0 Å². The Balaban J connectivity index is 2.05. The fraction of sp³-hybridized carbons (Fsp3) is 0.200. The summed E-state index contributed by atoms with van der Waals surface area (Å²) in [6.07, 6.45) is 1.49. The second-order valence-electron chi connectivity index (χ2n) is 3.99. The highest BCUT2D eigenvalue weighted by Gasteiger charge is 2.09. The third-order valence-electron chi connectivity index (χ3n) is 2.54. The fourth-order valence-electron chi connectivity index (χ4n) is 1.60. The Bertz CT molecular complexity index is 601. The van der Waals surface area contributed by atoms with Gasteiger partial charge in [0.15, 0.2) is 11.6 Å². The van der Waals surface area contributed by atoms with Crippen LogP contribution in [0.5, 0.6) is 5.75 Å². The van der Waals surface area contributed by atoms with E-state index in [1.807, 2.05) is 0 Å². The number of carbonyl (C=O) groups excluding carboxylic acids is 1. The molecule has 2 rings (SSSR count). The number of para-hydroxylation sites is 1. The number of hydrogen-bond donors (Lipinski definition) is 0. The van der Waals surface area contributed by atoms with Crippen LogP contribution in [0, 0.1) is 5.82 Å². The minimum absolute atomic E-state index is 0.149. The SMILES string of the molecule is CCOC(=O)c1cc(COc2ccccc2F)ccn1. The number of rotatable bonds is 5. The first-order chi connectivity index (χ1) is 9.70. The van der Waals surface area contributed by atoms with Gasteiger partial charge in [0.05, 0.1) is 6.61 Å². The van der Waals surface area contributed by atoms with Gasteiger partial charge < -0.3 is 9.47 Å². The third-order valence-corrected chi connectivity index (χ3v) is 2.54. The maximum Gasteiger partial charge on any atom is 0.356 e. The first-order valence-corrected chi connectivity index (χ1v) is 6.20. The predicted molar refractivity (Wildman–Crippen MR) is 70.9 cm³/mol. The summed E-state index contributed by atoms with van der Waals surface area (Å²) in [5, 5.41) is 0. The van der Waals surface area contributed by atoms with Gasteiger partial charge in [0.1, 0.15) is 12.3 Å². The van der Waals surface area contributed by atoms with Gasteiger partial charge in [-0.1, -0.05) is 12.1 Å². The molecule has 0 aliphatic rings.